The Morgan fingerprint density at radius 1 is 1.30 bits per heavy atom. The Bertz CT molecular complexity index is 547. The highest BCUT2D eigenvalue weighted by Gasteiger charge is 2.22. The van der Waals surface area contributed by atoms with Crippen molar-refractivity contribution in [3.63, 3.8) is 0 Å². The molecule has 0 aliphatic heterocycles. The number of carbonyl (C=O) groups is 3. The zero-order chi connectivity index (χ0) is 15.3. The topological polar surface area (TPSA) is 130 Å². The summed E-state index contributed by atoms with van der Waals surface area (Å²) in [5.74, 6) is -3.06. The minimum absolute atomic E-state index is 0.187. The van der Waals surface area contributed by atoms with Crippen molar-refractivity contribution in [2.24, 2.45) is 0 Å². The Morgan fingerprint density at radius 3 is 2.50 bits per heavy atom. The summed E-state index contributed by atoms with van der Waals surface area (Å²) in [6.07, 6.45) is -0.550. The number of halogens is 1. The molecule has 0 heterocycles. The molecule has 0 aliphatic rings. The van der Waals surface area contributed by atoms with E-state index >= 15 is 0 Å². The van der Waals surface area contributed by atoms with Gasteiger partial charge in [-0.05, 0) is 40.5 Å². The van der Waals surface area contributed by atoms with Crippen molar-refractivity contribution < 1.29 is 24.6 Å². The molecule has 0 spiro atoms. The highest BCUT2D eigenvalue weighted by molar-refractivity contribution is 9.10. The van der Waals surface area contributed by atoms with Gasteiger partial charge in [-0.3, -0.25) is 9.59 Å². The van der Waals surface area contributed by atoms with Crippen molar-refractivity contribution in [2.75, 3.05) is 5.73 Å². The molecule has 0 unspecified atom stereocenters. The second kappa shape index (κ2) is 6.90. The summed E-state index contributed by atoms with van der Waals surface area (Å²) in [6.45, 7) is 0. The number of carboxylic acid groups (broad SMARTS) is 2. The van der Waals surface area contributed by atoms with Crippen LogP contribution in [0.1, 0.15) is 23.2 Å². The maximum atomic E-state index is 12.0. The highest BCUT2D eigenvalue weighted by atomic mass is 79.9. The average Bonchev–Trinajstić information content (AvgIpc) is 2.36. The molecule has 1 atom stereocenters. The summed E-state index contributed by atoms with van der Waals surface area (Å²) in [5.41, 5.74) is 6.10. The van der Waals surface area contributed by atoms with E-state index < -0.39 is 23.9 Å². The van der Waals surface area contributed by atoms with Crippen molar-refractivity contribution in [3.05, 3.63) is 28.2 Å². The summed E-state index contributed by atoms with van der Waals surface area (Å²) in [7, 11) is 0. The molecule has 1 aromatic carbocycles. The molecule has 0 fully saturated rings. The van der Waals surface area contributed by atoms with Gasteiger partial charge in [-0.2, -0.15) is 0 Å². The summed E-state index contributed by atoms with van der Waals surface area (Å²) in [5, 5.41) is 19.8. The smallest absolute Gasteiger partial charge is 0.326 e. The van der Waals surface area contributed by atoms with Crippen molar-refractivity contribution in [3.8, 4) is 0 Å². The standard InChI is InChI=1S/C12H13BrN2O5/c13-8-2-1-6(14)5-7(8)11(18)15-9(12(19)20)3-4-10(16)17/h1-2,5,9H,3-4,14H2,(H,15,18)(H,16,17)(H,19,20)/t9-/m0/s1. The van der Waals surface area contributed by atoms with E-state index in [-0.39, 0.29) is 18.4 Å². The molecule has 1 amide bonds. The number of benzene rings is 1. The normalized spacial score (nSPS) is 11.7. The number of aliphatic carboxylic acids is 2. The average molecular weight is 345 g/mol. The van der Waals surface area contributed by atoms with Crippen LogP contribution in [0.5, 0.6) is 0 Å². The first-order valence-electron chi connectivity index (χ1n) is 5.61. The highest BCUT2D eigenvalue weighted by Crippen LogP contribution is 2.19. The van der Waals surface area contributed by atoms with Gasteiger partial charge in [-0.1, -0.05) is 0 Å². The third-order valence-electron chi connectivity index (χ3n) is 2.49. The van der Waals surface area contributed by atoms with Crippen molar-refractivity contribution >= 4 is 39.5 Å². The molecule has 8 heteroatoms. The molecule has 0 saturated heterocycles. The molecule has 5 N–H and O–H groups in total. The maximum Gasteiger partial charge on any atom is 0.326 e. The molecule has 108 valence electrons. The minimum atomic E-state index is -1.29. The van der Waals surface area contributed by atoms with Crippen LogP contribution in [-0.4, -0.2) is 34.1 Å². The number of anilines is 1. The number of hydrogen-bond donors (Lipinski definition) is 4. The molecule has 7 nitrogen and oxygen atoms in total. The Morgan fingerprint density at radius 2 is 1.95 bits per heavy atom. The Balaban J connectivity index is 2.82. The maximum absolute atomic E-state index is 12.0. The van der Waals surface area contributed by atoms with Gasteiger partial charge in [-0.15, -0.1) is 0 Å². The van der Waals surface area contributed by atoms with Crippen molar-refractivity contribution in [1.29, 1.82) is 0 Å². The van der Waals surface area contributed by atoms with Gasteiger partial charge in [0.2, 0.25) is 0 Å². The molecule has 0 aliphatic carbocycles. The van der Waals surface area contributed by atoms with Crippen molar-refractivity contribution in [2.45, 2.75) is 18.9 Å². The molecule has 0 radical (unpaired) electrons. The lowest BCUT2D eigenvalue weighted by molar-refractivity contribution is -0.140. The first-order chi connectivity index (χ1) is 9.31. The van der Waals surface area contributed by atoms with Crippen LogP contribution >= 0.6 is 15.9 Å². The number of rotatable bonds is 6. The van der Waals surface area contributed by atoms with Crippen LogP contribution in [0.4, 0.5) is 5.69 Å². The predicted molar refractivity (Wildman–Crippen MR) is 74.3 cm³/mol. The van der Waals surface area contributed by atoms with Crippen LogP contribution < -0.4 is 11.1 Å². The monoisotopic (exact) mass is 344 g/mol. The number of carbonyl (C=O) groups excluding carboxylic acids is 1. The quantitative estimate of drug-likeness (QED) is 0.571. The van der Waals surface area contributed by atoms with Gasteiger partial charge in [0, 0.05) is 16.6 Å². The van der Waals surface area contributed by atoms with E-state index in [0.717, 1.165) is 0 Å². The van der Waals surface area contributed by atoms with Gasteiger partial charge >= 0.3 is 11.9 Å². The van der Waals surface area contributed by atoms with Crippen LogP contribution in [0.15, 0.2) is 22.7 Å². The molecule has 0 aromatic heterocycles. The van der Waals surface area contributed by atoms with Gasteiger partial charge in [0.25, 0.3) is 5.91 Å². The largest absolute Gasteiger partial charge is 0.481 e. The number of hydrogen-bond acceptors (Lipinski definition) is 4. The molecule has 1 rings (SSSR count). The number of nitrogen functional groups attached to an aromatic ring is 1. The predicted octanol–water partition coefficient (Wildman–Crippen LogP) is 1.08. The zero-order valence-electron chi connectivity index (χ0n) is 10.3. The van der Waals surface area contributed by atoms with E-state index in [4.69, 9.17) is 15.9 Å². The first kappa shape index (κ1) is 16.0. The lowest BCUT2D eigenvalue weighted by Crippen LogP contribution is -2.41. The van der Waals surface area contributed by atoms with E-state index in [1.807, 2.05) is 0 Å². The van der Waals surface area contributed by atoms with Gasteiger partial charge in [0.05, 0.1) is 5.56 Å². The SMILES string of the molecule is Nc1ccc(Br)c(C(=O)N[C@@H](CCC(=O)O)C(=O)O)c1. The molecular weight excluding hydrogens is 332 g/mol. The summed E-state index contributed by atoms with van der Waals surface area (Å²) in [6, 6.07) is 3.28. The third kappa shape index (κ3) is 4.54. The van der Waals surface area contributed by atoms with E-state index in [0.29, 0.717) is 10.2 Å². The van der Waals surface area contributed by atoms with Crippen LogP contribution in [0.3, 0.4) is 0 Å². The zero-order valence-corrected chi connectivity index (χ0v) is 11.9. The molecular formula is C12H13BrN2O5. The lowest BCUT2D eigenvalue weighted by Gasteiger charge is -2.14. The molecule has 0 saturated carbocycles. The van der Waals surface area contributed by atoms with Crippen LogP contribution in [0.2, 0.25) is 0 Å². The summed E-state index contributed by atoms with van der Waals surface area (Å²) < 4.78 is 0.464. The number of nitrogens with one attached hydrogen (secondary N) is 1. The summed E-state index contributed by atoms with van der Waals surface area (Å²) in [4.78, 5) is 33.4. The fraction of sp³-hybridized carbons (Fsp3) is 0.250. The van der Waals surface area contributed by atoms with E-state index in [9.17, 15) is 14.4 Å². The van der Waals surface area contributed by atoms with E-state index in [2.05, 4.69) is 21.2 Å². The Hall–Kier alpha value is -2.09. The molecule has 0 bridgehead atoms. The fourth-order valence-electron chi connectivity index (χ4n) is 1.48. The first-order valence-corrected chi connectivity index (χ1v) is 6.41. The fourth-order valence-corrected chi connectivity index (χ4v) is 1.90. The second-order valence-corrected chi connectivity index (χ2v) is 4.89. The number of carboxylic acids is 2. The van der Waals surface area contributed by atoms with Gasteiger partial charge in [0.1, 0.15) is 6.04 Å². The second-order valence-electron chi connectivity index (χ2n) is 4.04. The third-order valence-corrected chi connectivity index (χ3v) is 3.18. The van der Waals surface area contributed by atoms with Crippen molar-refractivity contribution in [1.82, 2.24) is 5.32 Å². The Kier molecular flexibility index (Phi) is 5.51. The lowest BCUT2D eigenvalue weighted by atomic mass is 10.1. The van der Waals surface area contributed by atoms with Gasteiger partial charge < -0.3 is 21.3 Å². The van der Waals surface area contributed by atoms with Gasteiger partial charge in [-0.25, -0.2) is 4.79 Å². The summed E-state index contributed by atoms with van der Waals surface area (Å²) >= 11 is 3.16. The van der Waals surface area contributed by atoms with Gasteiger partial charge in [0.15, 0.2) is 0 Å². The Labute approximate surface area is 122 Å². The molecule has 1 aromatic rings. The van der Waals surface area contributed by atoms with Crippen LogP contribution in [0, 0.1) is 0 Å². The van der Waals surface area contributed by atoms with E-state index in [1.54, 1.807) is 12.1 Å². The minimum Gasteiger partial charge on any atom is -0.481 e. The number of nitrogens with two attached hydrogens (primary N) is 1. The van der Waals surface area contributed by atoms with E-state index in [1.165, 1.54) is 6.07 Å². The van der Waals surface area contributed by atoms with Crippen LogP contribution in [0.25, 0.3) is 0 Å². The molecule has 20 heavy (non-hydrogen) atoms. The van der Waals surface area contributed by atoms with Crippen LogP contribution in [-0.2, 0) is 9.59 Å². The number of amides is 1.